The first-order valence-corrected chi connectivity index (χ1v) is 6.37. The van der Waals surface area contributed by atoms with E-state index in [1.54, 1.807) is 13.3 Å². The lowest BCUT2D eigenvalue weighted by Crippen LogP contribution is -2.33. The van der Waals surface area contributed by atoms with Crippen molar-refractivity contribution in [3.8, 4) is 5.88 Å². The van der Waals surface area contributed by atoms with Crippen LogP contribution in [0.5, 0.6) is 5.88 Å². The summed E-state index contributed by atoms with van der Waals surface area (Å²) in [4.78, 5) is 6.73. The Kier molecular flexibility index (Phi) is 2.89. The van der Waals surface area contributed by atoms with Gasteiger partial charge in [0.2, 0.25) is 5.88 Å². The van der Waals surface area contributed by atoms with E-state index in [0.29, 0.717) is 11.9 Å². The zero-order valence-corrected chi connectivity index (χ0v) is 10.2. The first-order chi connectivity index (χ1) is 8.36. The summed E-state index contributed by atoms with van der Waals surface area (Å²) in [5.41, 5.74) is 1.12. The average Bonchev–Trinajstić information content (AvgIpc) is 2.94. The van der Waals surface area contributed by atoms with Crippen molar-refractivity contribution in [2.45, 2.75) is 31.3 Å². The van der Waals surface area contributed by atoms with Crippen LogP contribution in [0.2, 0.25) is 0 Å². The van der Waals surface area contributed by atoms with Gasteiger partial charge >= 0.3 is 0 Å². The molecule has 4 heteroatoms. The number of pyridine rings is 1. The fraction of sp³-hybridized carbons (Fsp3) is 0.615. The van der Waals surface area contributed by atoms with E-state index in [4.69, 9.17) is 4.74 Å². The fourth-order valence-electron chi connectivity index (χ4n) is 3.08. The van der Waals surface area contributed by atoms with E-state index in [9.17, 15) is 0 Å². The van der Waals surface area contributed by atoms with Crippen molar-refractivity contribution in [1.29, 1.82) is 0 Å². The van der Waals surface area contributed by atoms with Gasteiger partial charge in [0.25, 0.3) is 0 Å². The van der Waals surface area contributed by atoms with E-state index in [1.165, 1.54) is 32.4 Å². The number of fused-ring (bicyclic) bond motifs is 1. The van der Waals surface area contributed by atoms with Crippen LogP contribution in [0.4, 0.5) is 5.69 Å². The normalized spacial score (nSPS) is 28.1. The highest BCUT2D eigenvalue weighted by molar-refractivity contribution is 5.46. The molecule has 0 aliphatic carbocycles. The van der Waals surface area contributed by atoms with Gasteiger partial charge in [-0.2, -0.15) is 0 Å². The van der Waals surface area contributed by atoms with E-state index in [2.05, 4.69) is 15.2 Å². The van der Waals surface area contributed by atoms with Crippen LogP contribution in [0.15, 0.2) is 18.3 Å². The van der Waals surface area contributed by atoms with Gasteiger partial charge in [-0.15, -0.1) is 0 Å². The van der Waals surface area contributed by atoms with E-state index >= 15 is 0 Å². The van der Waals surface area contributed by atoms with Crippen LogP contribution in [0.25, 0.3) is 0 Å². The summed E-state index contributed by atoms with van der Waals surface area (Å²) in [5, 5.41) is 3.63. The third kappa shape index (κ3) is 2.09. The molecule has 2 unspecified atom stereocenters. The lowest BCUT2D eigenvalue weighted by Gasteiger charge is -2.22. The molecule has 0 saturated carbocycles. The molecular weight excluding hydrogens is 214 g/mol. The van der Waals surface area contributed by atoms with Gasteiger partial charge < -0.3 is 10.1 Å². The molecule has 2 saturated heterocycles. The van der Waals surface area contributed by atoms with Crippen molar-refractivity contribution in [3.63, 3.8) is 0 Å². The number of nitrogens with zero attached hydrogens (tertiary/aromatic N) is 2. The van der Waals surface area contributed by atoms with E-state index in [-0.39, 0.29) is 0 Å². The summed E-state index contributed by atoms with van der Waals surface area (Å²) in [6.07, 6.45) is 5.72. The fourth-order valence-corrected chi connectivity index (χ4v) is 3.08. The average molecular weight is 233 g/mol. The van der Waals surface area contributed by atoms with Gasteiger partial charge in [0.1, 0.15) is 0 Å². The molecule has 1 N–H and O–H groups in total. The number of nitrogens with one attached hydrogen (secondary N) is 1. The minimum atomic E-state index is 0.588. The summed E-state index contributed by atoms with van der Waals surface area (Å²) in [6.45, 7) is 2.52. The Balaban J connectivity index is 1.70. The second kappa shape index (κ2) is 4.53. The molecule has 1 aromatic heterocycles. The molecule has 0 aromatic carbocycles. The van der Waals surface area contributed by atoms with Crippen molar-refractivity contribution in [2.75, 3.05) is 25.5 Å². The Hall–Kier alpha value is -1.29. The molecule has 2 fully saturated rings. The minimum Gasteiger partial charge on any atom is -0.481 e. The molecule has 0 amide bonds. The molecule has 17 heavy (non-hydrogen) atoms. The van der Waals surface area contributed by atoms with Crippen molar-refractivity contribution in [3.05, 3.63) is 18.3 Å². The topological polar surface area (TPSA) is 37.4 Å². The first-order valence-electron chi connectivity index (χ1n) is 6.37. The molecule has 4 nitrogen and oxygen atoms in total. The van der Waals surface area contributed by atoms with Gasteiger partial charge in [0.15, 0.2) is 0 Å². The monoisotopic (exact) mass is 233 g/mol. The second-order valence-corrected chi connectivity index (χ2v) is 4.87. The van der Waals surface area contributed by atoms with Crippen molar-refractivity contribution in [1.82, 2.24) is 9.88 Å². The summed E-state index contributed by atoms with van der Waals surface area (Å²) >= 11 is 0. The smallest absolute Gasteiger partial charge is 0.214 e. The lowest BCUT2D eigenvalue weighted by atomic mass is 10.1. The van der Waals surface area contributed by atoms with Crippen LogP contribution in [0.1, 0.15) is 19.3 Å². The number of hydrogen-bond donors (Lipinski definition) is 1. The Morgan fingerprint density at radius 2 is 2.35 bits per heavy atom. The standard InChI is InChI=1S/C13H19N3O/c1-17-13-9-10(4-6-14-13)15-11-5-8-16-7-2-3-12(11)16/h4,6,9,11-12H,2-3,5,7-8H2,1H3,(H,14,15). The van der Waals surface area contributed by atoms with Gasteiger partial charge in [0, 0.05) is 36.6 Å². The highest BCUT2D eigenvalue weighted by Crippen LogP contribution is 2.30. The molecule has 2 aliphatic rings. The van der Waals surface area contributed by atoms with E-state index in [1.807, 2.05) is 12.1 Å². The first kappa shape index (κ1) is 10.8. The van der Waals surface area contributed by atoms with E-state index < -0.39 is 0 Å². The molecule has 0 spiro atoms. The van der Waals surface area contributed by atoms with Crippen LogP contribution in [-0.4, -0.2) is 42.2 Å². The number of hydrogen-bond acceptors (Lipinski definition) is 4. The zero-order chi connectivity index (χ0) is 11.7. The maximum absolute atomic E-state index is 5.14. The second-order valence-electron chi connectivity index (χ2n) is 4.87. The van der Waals surface area contributed by atoms with Crippen LogP contribution in [-0.2, 0) is 0 Å². The molecule has 3 rings (SSSR count). The number of ether oxygens (including phenoxy) is 1. The Labute approximate surface area is 102 Å². The number of rotatable bonds is 3. The molecule has 1 aromatic rings. The summed E-state index contributed by atoms with van der Waals surface area (Å²) in [7, 11) is 1.65. The van der Waals surface area contributed by atoms with Gasteiger partial charge in [-0.25, -0.2) is 4.98 Å². The third-order valence-electron chi connectivity index (χ3n) is 3.90. The van der Waals surface area contributed by atoms with Crippen molar-refractivity contribution >= 4 is 5.69 Å². The van der Waals surface area contributed by atoms with Crippen LogP contribution >= 0.6 is 0 Å². The maximum Gasteiger partial charge on any atom is 0.214 e. The summed E-state index contributed by atoms with van der Waals surface area (Å²) < 4.78 is 5.14. The van der Waals surface area contributed by atoms with Gasteiger partial charge in [-0.3, -0.25) is 4.90 Å². The molecule has 3 heterocycles. The highest BCUT2D eigenvalue weighted by atomic mass is 16.5. The molecule has 2 aliphatic heterocycles. The van der Waals surface area contributed by atoms with Crippen LogP contribution < -0.4 is 10.1 Å². The third-order valence-corrected chi connectivity index (χ3v) is 3.90. The van der Waals surface area contributed by atoms with Crippen LogP contribution in [0.3, 0.4) is 0 Å². The van der Waals surface area contributed by atoms with Crippen LogP contribution in [0, 0.1) is 0 Å². The molecule has 0 radical (unpaired) electrons. The number of aromatic nitrogens is 1. The maximum atomic E-state index is 5.14. The lowest BCUT2D eigenvalue weighted by molar-refractivity contribution is 0.318. The quantitative estimate of drug-likeness (QED) is 0.863. The number of anilines is 1. The predicted molar refractivity (Wildman–Crippen MR) is 67.4 cm³/mol. The largest absolute Gasteiger partial charge is 0.481 e. The van der Waals surface area contributed by atoms with Gasteiger partial charge in [-0.1, -0.05) is 0 Å². The Morgan fingerprint density at radius 1 is 1.41 bits per heavy atom. The van der Waals surface area contributed by atoms with Gasteiger partial charge in [0.05, 0.1) is 7.11 Å². The van der Waals surface area contributed by atoms with Gasteiger partial charge in [-0.05, 0) is 31.9 Å². The predicted octanol–water partition coefficient (Wildman–Crippen LogP) is 1.74. The molecule has 0 bridgehead atoms. The summed E-state index contributed by atoms with van der Waals surface area (Å²) in [5.74, 6) is 0.677. The SMILES string of the molecule is COc1cc(NC2CCN3CCCC23)ccn1. The molecule has 92 valence electrons. The summed E-state index contributed by atoms with van der Waals surface area (Å²) in [6, 6.07) is 5.30. The van der Waals surface area contributed by atoms with Crippen molar-refractivity contribution < 1.29 is 4.74 Å². The molecule has 2 atom stereocenters. The van der Waals surface area contributed by atoms with Crippen molar-refractivity contribution in [2.24, 2.45) is 0 Å². The minimum absolute atomic E-state index is 0.588. The number of methoxy groups -OCH3 is 1. The zero-order valence-electron chi connectivity index (χ0n) is 10.2. The van der Waals surface area contributed by atoms with E-state index in [0.717, 1.165) is 11.7 Å². The Bertz CT molecular complexity index is 396. The highest BCUT2D eigenvalue weighted by Gasteiger charge is 2.36. The Morgan fingerprint density at radius 3 is 3.24 bits per heavy atom. The molecular formula is C13H19N3O.